The number of hydrogen-bond donors (Lipinski definition) is 1. The fourth-order valence-electron chi connectivity index (χ4n) is 2.79. The van der Waals surface area contributed by atoms with Crippen molar-refractivity contribution in [1.82, 2.24) is 10.2 Å². The summed E-state index contributed by atoms with van der Waals surface area (Å²) < 4.78 is 0. The van der Waals surface area contributed by atoms with Crippen molar-refractivity contribution in [3.63, 3.8) is 0 Å². The largest absolute Gasteiger partial charge is 0.352 e. The summed E-state index contributed by atoms with van der Waals surface area (Å²) in [6.07, 6.45) is 0.394. The molecule has 0 saturated carbocycles. The Morgan fingerprint density at radius 3 is 2.25 bits per heavy atom. The minimum absolute atomic E-state index is 0.00425. The first-order valence-electron chi connectivity index (χ1n) is 9.70. The molecule has 150 valence electrons. The van der Waals surface area contributed by atoms with E-state index in [-0.39, 0.29) is 17.9 Å². The average Bonchev–Trinajstić information content (AvgIpc) is 2.67. The first-order chi connectivity index (χ1) is 13.4. The Kier molecular flexibility index (Phi) is 8.58. The molecule has 0 aliphatic carbocycles. The van der Waals surface area contributed by atoms with Crippen LogP contribution in [0.25, 0.3) is 0 Å². The van der Waals surface area contributed by atoms with Gasteiger partial charge < -0.3 is 10.2 Å². The van der Waals surface area contributed by atoms with Crippen LogP contribution in [0.15, 0.2) is 59.5 Å². The molecule has 0 unspecified atom stereocenters. The lowest BCUT2D eigenvalue weighted by Crippen LogP contribution is -2.49. The lowest BCUT2D eigenvalue weighted by molar-refractivity contribution is -0.140. The van der Waals surface area contributed by atoms with E-state index in [1.165, 1.54) is 5.56 Å². The summed E-state index contributed by atoms with van der Waals surface area (Å²) in [5.74, 6) is 0.563. The molecule has 28 heavy (non-hydrogen) atoms. The molecular weight excluding hydrogens is 368 g/mol. The van der Waals surface area contributed by atoms with E-state index in [9.17, 15) is 9.59 Å². The fourth-order valence-corrected chi connectivity index (χ4v) is 3.66. The van der Waals surface area contributed by atoms with E-state index in [1.54, 1.807) is 23.6 Å². The SMILES string of the molecule is Cc1ccc(CN(C(=O)CCSc2ccccc2)[C@H](C)C(=O)NC(C)C)cc1. The van der Waals surface area contributed by atoms with Crippen LogP contribution in [0.4, 0.5) is 0 Å². The molecule has 0 heterocycles. The monoisotopic (exact) mass is 398 g/mol. The van der Waals surface area contributed by atoms with E-state index in [1.807, 2.05) is 75.4 Å². The van der Waals surface area contributed by atoms with Crippen LogP contribution in [0, 0.1) is 6.92 Å². The first-order valence-corrected chi connectivity index (χ1v) is 10.7. The van der Waals surface area contributed by atoms with E-state index in [2.05, 4.69) is 5.32 Å². The van der Waals surface area contributed by atoms with Crippen molar-refractivity contribution in [3.8, 4) is 0 Å². The molecule has 0 aliphatic rings. The van der Waals surface area contributed by atoms with Crippen molar-refractivity contribution >= 4 is 23.6 Å². The number of amides is 2. The van der Waals surface area contributed by atoms with Gasteiger partial charge in [0.1, 0.15) is 6.04 Å². The maximum atomic E-state index is 13.0. The van der Waals surface area contributed by atoms with E-state index in [0.29, 0.717) is 18.7 Å². The van der Waals surface area contributed by atoms with Gasteiger partial charge in [-0.05, 0) is 45.4 Å². The summed E-state index contributed by atoms with van der Waals surface area (Å²) >= 11 is 1.66. The van der Waals surface area contributed by atoms with Gasteiger partial charge >= 0.3 is 0 Å². The number of thioether (sulfide) groups is 1. The number of carbonyl (C=O) groups is 2. The van der Waals surface area contributed by atoms with E-state index in [0.717, 1.165) is 10.5 Å². The molecule has 2 amide bonds. The molecule has 0 saturated heterocycles. The molecular formula is C23H30N2O2S. The Labute approximate surface area is 172 Å². The zero-order valence-electron chi connectivity index (χ0n) is 17.1. The number of nitrogens with one attached hydrogen (secondary N) is 1. The lowest BCUT2D eigenvalue weighted by atomic mass is 10.1. The molecule has 0 bridgehead atoms. The van der Waals surface area contributed by atoms with Crippen LogP contribution in [-0.2, 0) is 16.1 Å². The molecule has 5 heteroatoms. The maximum Gasteiger partial charge on any atom is 0.242 e. The highest BCUT2D eigenvalue weighted by Gasteiger charge is 2.26. The number of rotatable bonds is 9. The van der Waals surface area contributed by atoms with Crippen molar-refractivity contribution in [2.24, 2.45) is 0 Å². The zero-order chi connectivity index (χ0) is 20.5. The van der Waals surface area contributed by atoms with Crippen LogP contribution >= 0.6 is 11.8 Å². The molecule has 0 fully saturated rings. The third-order valence-corrected chi connectivity index (χ3v) is 5.41. The van der Waals surface area contributed by atoms with Gasteiger partial charge in [-0.25, -0.2) is 0 Å². The van der Waals surface area contributed by atoms with Gasteiger partial charge in [0.15, 0.2) is 0 Å². The van der Waals surface area contributed by atoms with E-state index in [4.69, 9.17) is 0 Å². The van der Waals surface area contributed by atoms with Crippen LogP contribution in [0.2, 0.25) is 0 Å². The molecule has 0 aromatic heterocycles. The predicted octanol–water partition coefficient (Wildman–Crippen LogP) is 4.42. The van der Waals surface area contributed by atoms with Crippen LogP contribution < -0.4 is 5.32 Å². The molecule has 1 atom stereocenters. The van der Waals surface area contributed by atoms with Gasteiger partial charge in [-0.1, -0.05) is 48.0 Å². The Hall–Kier alpha value is -2.27. The first kappa shape index (κ1) is 22.0. The van der Waals surface area contributed by atoms with E-state index < -0.39 is 6.04 Å². The second-order valence-electron chi connectivity index (χ2n) is 7.26. The van der Waals surface area contributed by atoms with Gasteiger partial charge in [-0.3, -0.25) is 9.59 Å². The molecule has 2 rings (SSSR count). The van der Waals surface area contributed by atoms with Gasteiger partial charge in [0.2, 0.25) is 11.8 Å². The molecule has 1 N–H and O–H groups in total. The van der Waals surface area contributed by atoms with Gasteiger partial charge in [-0.2, -0.15) is 0 Å². The summed E-state index contributed by atoms with van der Waals surface area (Å²) in [7, 11) is 0. The highest BCUT2D eigenvalue weighted by atomic mass is 32.2. The summed E-state index contributed by atoms with van der Waals surface area (Å²) in [4.78, 5) is 28.3. The second-order valence-corrected chi connectivity index (χ2v) is 8.43. The Bertz CT molecular complexity index is 760. The van der Waals surface area contributed by atoms with Crippen LogP contribution in [0.1, 0.15) is 38.3 Å². The topological polar surface area (TPSA) is 49.4 Å². The predicted molar refractivity (Wildman–Crippen MR) is 116 cm³/mol. The summed E-state index contributed by atoms with van der Waals surface area (Å²) in [5.41, 5.74) is 2.20. The Morgan fingerprint density at radius 1 is 1.00 bits per heavy atom. The van der Waals surface area contributed by atoms with Gasteiger partial charge in [0.05, 0.1) is 0 Å². The molecule has 0 radical (unpaired) electrons. The smallest absolute Gasteiger partial charge is 0.242 e. The van der Waals surface area contributed by atoms with Crippen molar-refractivity contribution < 1.29 is 9.59 Å². The molecule has 0 aliphatic heterocycles. The summed E-state index contributed by atoms with van der Waals surface area (Å²) in [5, 5.41) is 2.92. The van der Waals surface area contributed by atoms with Crippen molar-refractivity contribution in [1.29, 1.82) is 0 Å². The third-order valence-electron chi connectivity index (χ3n) is 4.40. The lowest BCUT2D eigenvalue weighted by Gasteiger charge is -2.29. The minimum atomic E-state index is -0.516. The van der Waals surface area contributed by atoms with Crippen molar-refractivity contribution in [2.75, 3.05) is 5.75 Å². The quantitative estimate of drug-likeness (QED) is 0.636. The number of aryl methyl sites for hydroxylation is 1. The maximum absolute atomic E-state index is 13.0. The number of benzene rings is 2. The summed E-state index contributed by atoms with van der Waals surface area (Å²) in [6.45, 7) is 8.11. The highest BCUT2D eigenvalue weighted by molar-refractivity contribution is 7.99. The van der Waals surface area contributed by atoms with Crippen LogP contribution in [0.5, 0.6) is 0 Å². The molecule has 2 aromatic rings. The Balaban J connectivity index is 2.05. The molecule has 2 aromatic carbocycles. The van der Waals surface area contributed by atoms with Crippen LogP contribution in [-0.4, -0.2) is 34.6 Å². The van der Waals surface area contributed by atoms with Crippen LogP contribution in [0.3, 0.4) is 0 Å². The number of carbonyl (C=O) groups excluding carboxylic acids is 2. The van der Waals surface area contributed by atoms with Crippen molar-refractivity contribution in [3.05, 3.63) is 65.7 Å². The van der Waals surface area contributed by atoms with Gasteiger partial charge in [0, 0.05) is 29.7 Å². The second kappa shape index (κ2) is 10.9. The van der Waals surface area contributed by atoms with Crippen molar-refractivity contribution in [2.45, 2.75) is 57.6 Å². The van der Waals surface area contributed by atoms with Gasteiger partial charge in [-0.15, -0.1) is 11.8 Å². The highest BCUT2D eigenvalue weighted by Crippen LogP contribution is 2.19. The number of nitrogens with zero attached hydrogens (tertiary/aromatic N) is 1. The molecule has 0 spiro atoms. The summed E-state index contributed by atoms with van der Waals surface area (Å²) in [6, 6.07) is 17.7. The standard InChI is InChI=1S/C23H30N2O2S/c1-17(2)24-23(27)19(4)25(16-20-12-10-18(3)11-13-20)22(26)14-15-28-21-8-6-5-7-9-21/h5-13,17,19H,14-16H2,1-4H3,(H,24,27)/t19-/m1/s1. The average molecular weight is 399 g/mol. The minimum Gasteiger partial charge on any atom is -0.352 e. The zero-order valence-corrected chi connectivity index (χ0v) is 18.0. The number of hydrogen-bond acceptors (Lipinski definition) is 3. The Morgan fingerprint density at radius 2 is 1.64 bits per heavy atom. The fraction of sp³-hybridized carbons (Fsp3) is 0.391. The molecule has 4 nitrogen and oxygen atoms in total. The normalized spacial score (nSPS) is 11.9. The van der Waals surface area contributed by atoms with Gasteiger partial charge in [0.25, 0.3) is 0 Å². The van der Waals surface area contributed by atoms with E-state index >= 15 is 0 Å². The third kappa shape index (κ3) is 7.04.